The normalized spacial score (nSPS) is 23.5. The third-order valence-electron chi connectivity index (χ3n) is 9.23. The van der Waals surface area contributed by atoms with E-state index in [2.05, 4.69) is 32.6 Å². The van der Waals surface area contributed by atoms with Crippen molar-refractivity contribution in [3.05, 3.63) is 59.8 Å². The second kappa shape index (κ2) is 9.58. The standard InChI is InChI=1S/C31H30N8O4/c1-37-15-34-24-13-33-23(11-26(24)37)22-14-38(36-28(22)17-2-3-17)19-8-16(9-19)12-32-18-4-5-20-21(10-18)31(43)39(30(20)42)25-6-7-27(40)35-29(25)41/h4-5,10-11,13-17,19,25,32H,2-3,6-9,12H2,1H3,(H,35,40,41). The highest BCUT2D eigenvalue weighted by atomic mass is 16.2. The van der Waals surface area contributed by atoms with Crippen molar-refractivity contribution >= 4 is 40.3 Å². The predicted molar refractivity (Wildman–Crippen MR) is 155 cm³/mol. The smallest absolute Gasteiger partial charge is 0.262 e. The molecule has 218 valence electrons. The summed E-state index contributed by atoms with van der Waals surface area (Å²) in [6.07, 6.45) is 10.3. The number of benzene rings is 1. The molecule has 2 aliphatic carbocycles. The number of carbonyl (C=O) groups excluding carboxylic acids is 4. The van der Waals surface area contributed by atoms with Gasteiger partial charge in [0.05, 0.1) is 46.6 Å². The number of nitrogens with zero attached hydrogens (tertiary/aromatic N) is 6. The van der Waals surface area contributed by atoms with Crippen molar-refractivity contribution in [1.82, 2.24) is 34.5 Å². The molecule has 0 spiro atoms. The largest absolute Gasteiger partial charge is 0.385 e. The van der Waals surface area contributed by atoms with E-state index in [1.54, 1.807) is 24.5 Å². The molecule has 12 heteroatoms. The van der Waals surface area contributed by atoms with E-state index in [0.29, 0.717) is 17.9 Å². The molecule has 5 heterocycles. The van der Waals surface area contributed by atoms with Crippen LogP contribution in [0, 0.1) is 5.92 Å². The van der Waals surface area contributed by atoms with Gasteiger partial charge in [0.2, 0.25) is 11.8 Å². The number of imidazole rings is 1. The van der Waals surface area contributed by atoms with Crippen LogP contribution in [-0.4, -0.2) is 65.4 Å². The molecule has 1 saturated heterocycles. The van der Waals surface area contributed by atoms with Crippen LogP contribution in [0.5, 0.6) is 0 Å². The molecular weight excluding hydrogens is 548 g/mol. The second-order valence-electron chi connectivity index (χ2n) is 12.2. The van der Waals surface area contributed by atoms with Crippen LogP contribution in [-0.2, 0) is 16.6 Å². The third-order valence-corrected chi connectivity index (χ3v) is 9.23. The van der Waals surface area contributed by atoms with Gasteiger partial charge in [-0.15, -0.1) is 0 Å². The Hall–Kier alpha value is -4.87. The van der Waals surface area contributed by atoms with Crippen molar-refractivity contribution in [3.63, 3.8) is 0 Å². The highest BCUT2D eigenvalue weighted by Gasteiger charge is 2.44. The Morgan fingerprint density at radius 2 is 1.79 bits per heavy atom. The molecule has 0 radical (unpaired) electrons. The van der Waals surface area contributed by atoms with E-state index < -0.39 is 29.7 Å². The maximum Gasteiger partial charge on any atom is 0.262 e. The molecule has 2 N–H and O–H groups in total. The number of hydrogen-bond donors (Lipinski definition) is 2. The Kier molecular flexibility index (Phi) is 5.75. The Morgan fingerprint density at radius 1 is 0.977 bits per heavy atom. The van der Waals surface area contributed by atoms with Gasteiger partial charge in [0.25, 0.3) is 11.8 Å². The number of rotatable bonds is 7. The first-order valence-electron chi connectivity index (χ1n) is 14.8. The van der Waals surface area contributed by atoms with Gasteiger partial charge >= 0.3 is 0 Å². The summed E-state index contributed by atoms with van der Waals surface area (Å²) in [4.78, 5) is 60.0. The van der Waals surface area contributed by atoms with Crippen LogP contribution < -0.4 is 10.6 Å². The summed E-state index contributed by atoms with van der Waals surface area (Å²) in [5, 5.41) is 10.7. The first-order valence-corrected chi connectivity index (χ1v) is 14.8. The zero-order chi connectivity index (χ0) is 29.4. The molecule has 2 saturated carbocycles. The van der Waals surface area contributed by atoms with Crippen LogP contribution in [0.2, 0.25) is 0 Å². The molecule has 12 nitrogen and oxygen atoms in total. The van der Waals surface area contributed by atoms with Gasteiger partial charge in [0.15, 0.2) is 0 Å². The van der Waals surface area contributed by atoms with Crippen molar-refractivity contribution in [2.75, 3.05) is 11.9 Å². The van der Waals surface area contributed by atoms with Crippen molar-refractivity contribution in [3.8, 4) is 11.3 Å². The first kappa shape index (κ1) is 25.8. The molecule has 1 unspecified atom stereocenters. The highest BCUT2D eigenvalue weighted by molar-refractivity contribution is 6.23. The minimum Gasteiger partial charge on any atom is -0.385 e. The van der Waals surface area contributed by atoms with Gasteiger partial charge in [-0.05, 0) is 62.3 Å². The number of anilines is 1. The molecule has 2 aliphatic heterocycles. The van der Waals surface area contributed by atoms with Crippen molar-refractivity contribution in [2.24, 2.45) is 13.0 Å². The number of nitrogens with one attached hydrogen (secondary N) is 2. The minimum atomic E-state index is -0.967. The molecule has 4 amide bonds. The van der Waals surface area contributed by atoms with Gasteiger partial charge in [-0.1, -0.05) is 0 Å². The van der Waals surface area contributed by atoms with Crippen LogP contribution in [0.4, 0.5) is 5.69 Å². The Morgan fingerprint density at radius 3 is 2.58 bits per heavy atom. The van der Waals surface area contributed by atoms with E-state index in [1.807, 2.05) is 17.8 Å². The van der Waals surface area contributed by atoms with Crippen LogP contribution in [0.15, 0.2) is 43.0 Å². The molecule has 1 atom stereocenters. The fourth-order valence-corrected chi connectivity index (χ4v) is 6.55. The lowest BCUT2D eigenvalue weighted by molar-refractivity contribution is -0.136. The van der Waals surface area contributed by atoms with E-state index in [1.165, 1.54) is 0 Å². The number of fused-ring (bicyclic) bond motifs is 2. The number of piperidine rings is 1. The number of imide groups is 2. The lowest BCUT2D eigenvalue weighted by atomic mass is 9.80. The summed E-state index contributed by atoms with van der Waals surface area (Å²) in [6.45, 7) is 0.733. The van der Waals surface area contributed by atoms with Gasteiger partial charge in [-0.3, -0.25) is 39.1 Å². The molecule has 4 aliphatic rings. The van der Waals surface area contributed by atoms with Crippen LogP contribution in [0.25, 0.3) is 22.3 Å². The van der Waals surface area contributed by atoms with E-state index in [-0.39, 0.29) is 24.0 Å². The van der Waals surface area contributed by atoms with Crippen molar-refractivity contribution < 1.29 is 19.2 Å². The number of pyridine rings is 1. The van der Waals surface area contributed by atoms with E-state index >= 15 is 0 Å². The van der Waals surface area contributed by atoms with Crippen molar-refractivity contribution in [1.29, 1.82) is 0 Å². The lowest BCUT2D eigenvalue weighted by Gasteiger charge is -2.35. The fourth-order valence-electron chi connectivity index (χ4n) is 6.55. The third kappa shape index (κ3) is 4.31. The zero-order valence-electron chi connectivity index (χ0n) is 23.6. The monoisotopic (exact) mass is 578 g/mol. The zero-order valence-corrected chi connectivity index (χ0v) is 23.6. The summed E-state index contributed by atoms with van der Waals surface area (Å²) in [5.41, 5.74) is 6.42. The first-order chi connectivity index (χ1) is 20.8. The fraction of sp³-hybridized carbons (Fsp3) is 0.387. The van der Waals surface area contributed by atoms with Crippen LogP contribution in [0.1, 0.15) is 76.9 Å². The Labute approximate surface area is 246 Å². The average molecular weight is 579 g/mol. The maximum atomic E-state index is 13.1. The molecule has 0 bridgehead atoms. The van der Waals surface area contributed by atoms with E-state index in [4.69, 9.17) is 10.1 Å². The minimum absolute atomic E-state index is 0.0959. The van der Waals surface area contributed by atoms with E-state index in [9.17, 15) is 19.2 Å². The predicted octanol–water partition coefficient (Wildman–Crippen LogP) is 3.17. The molecular formula is C31H30N8O4. The van der Waals surface area contributed by atoms with Gasteiger partial charge < -0.3 is 9.88 Å². The van der Waals surface area contributed by atoms with Crippen LogP contribution >= 0.6 is 0 Å². The highest BCUT2D eigenvalue weighted by Crippen LogP contribution is 2.45. The molecule has 3 fully saturated rings. The van der Waals surface area contributed by atoms with Crippen LogP contribution in [0.3, 0.4) is 0 Å². The lowest BCUT2D eigenvalue weighted by Crippen LogP contribution is -2.54. The molecule has 1 aromatic carbocycles. The summed E-state index contributed by atoms with van der Waals surface area (Å²) < 4.78 is 4.13. The molecule has 8 rings (SSSR count). The molecule has 4 aromatic rings. The SMILES string of the molecule is Cn1cnc2cnc(-c3cn(C4CC(CNc5ccc6c(c5)C(=O)N(C5CCC(=O)NC5=O)C6=O)C4)nc3C3CC3)cc21. The molecule has 43 heavy (non-hydrogen) atoms. The maximum absolute atomic E-state index is 13.1. The number of carbonyl (C=O) groups is 4. The van der Waals surface area contributed by atoms with Gasteiger partial charge in [0, 0.05) is 43.4 Å². The van der Waals surface area contributed by atoms with Crippen molar-refractivity contribution in [2.45, 2.75) is 56.5 Å². The van der Waals surface area contributed by atoms with Gasteiger partial charge in [-0.25, -0.2) is 4.98 Å². The van der Waals surface area contributed by atoms with E-state index in [0.717, 1.165) is 70.8 Å². The summed E-state index contributed by atoms with van der Waals surface area (Å²) in [5.74, 6) is -1.06. The topological polar surface area (TPSA) is 144 Å². The quantitative estimate of drug-likeness (QED) is 0.318. The Balaban J connectivity index is 0.925. The number of aromatic nitrogens is 5. The summed E-state index contributed by atoms with van der Waals surface area (Å²) in [6, 6.07) is 6.56. The number of amides is 4. The second-order valence-corrected chi connectivity index (χ2v) is 12.2. The average Bonchev–Trinajstić information content (AvgIpc) is 3.56. The Bertz CT molecular complexity index is 1850. The molecule has 3 aromatic heterocycles. The number of aryl methyl sites for hydroxylation is 1. The summed E-state index contributed by atoms with van der Waals surface area (Å²) >= 11 is 0. The summed E-state index contributed by atoms with van der Waals surface area (Å²) in [7, 11) is 1.99. The van der Waals surface area contributed by atoms with Gasteiger partial charge in [-0.2, -0.15) is 5.10 Å². The number of hydrogen-bond acceptors (Lipinski definition) is 8. The van der Waals surface area contributed by atoms with Gasteiger partial charge in [0.1, 0.15) is 11.6 Å².